The van der Waals surface area contributed by atoms with Crippen molar-refractivity contribution in [3.05, 3.63) is 137 Å². The van der Waals surface area contributed by atoms with E-state index in [1.54, 1.807) is 56.7 Å². The third-order valence-electron chi connectivity index (χ3n) is 15.3. The van der Waals surface area contributed by atoms with Gasteiger partial charge >= 0.3 is 5.97 Å². The van der Waals surface area contributed by atoms with Crippen LogP contribution in [0.3, 0.4) is 0 Å². The Morgan fingerprint density at radius 2 is 1.17 bits per heavy atom. The SMILES string of the molecule is CCCN1/C(=C/C=C(/C=C/C2=[N+](CCCS(=O)(=O)O)c3ccc4c(S(=O)(=O)O)cccc4c3C2(C)CCOCCOCCOCCOC)c2ccc(C(=O)O)cc2)C(C)(CCOCCOCCOCCOC)c2c1ccc1ccc(S(=O)(=O)O)cc21. The number of aromatic carboxylic acids is 1. The standard InChI is InChI=1S/C62H78N2O19S3/c1-6-27-63-53-21-16-47-15-19-49(85(70,71)72)44-52(47)59(53)62(3,26-30-79-36-38-83-42-40-81-34-32-77-5)56(63)23-17-46(45-11-13-48(14-12-45)60(65)66)18-24-57-61(2,25-29-78-35-37-82-41-39-80-33-31-76-4)58-51-9-7-10-55(86(73,74)75)50(51)20-22-54(58)64(57)28-8-43-84(67,68)69/h7,9-24,44H,6,8,25-43H2,1-5H3,(H3-,65,66,67,68,69,70,71,72,73,74,75)/p+1. The summed E-state index contributed by atoms with van der Waals surface area (Å²) in [6, 6.07) is 22.8. The molecule has 0 spiro atoms. The van der Waals surface area contributed by atoms with Crippen molar-refractivity contribution >= 4 is 80.5 Å². The van der Waals surface area contributed by atoms with Crippen LogP contribution in [0, 0.1) is 0 Å². The zero-order valence-electron chi connectivity index (χ0n) is 49.3. The monoisotopic (exact) mass is 1250 g/mol. The molecule has 5 aromatic rings. The van der Waals surface area contributed by atoms with Crippen molar-refractivity contribution in [1.29, 1.82) is 0 Å². The zero-order valence-corrected chi connectivity index (χ0v) is 51.7. The number of fused-ring (bicyclic) bond motifs is 6. The molecule has 2 aliphatic rings. The van der Waals surface area contributed by atoms with Gasteiger partial charge in [-0.25, -0.2) is 4.79 Å². The summed E-state index contributed by atoms with van der Waals surface area (Å²) >= 11 is 0. The van der Waals surface area contributed by atoms with Gasteiger partial charge in [0.25, 0.3) is 30.4 Å². The summed E-state index contributed by atoms with van der Waals surface area (Å²) in [5.41, 5.74) is 3.81. The number of ether oxygens (including phenoxy) is 8. The predicted octanol–water partition coefficient (Wildman–Crippen LogP) is 8.70. The van der Waals surface area contributed by atoms with Crippen molar-refractivity contribution in [2.75, 3.05) is 130 Å². The minimum Gasteiger partial charge on any atom is -0.478 e. The Morgan fingerprint density at radius 3 is 1.72 bits per heavy atom. The van der Waals surface area contributed by atoms with E-state index < -0.39 is 52.9 Å². The van der Waals surface area contributed by atoms with E-state index in [-0.39, 0.29) is 66.7 Å². The minimum atomic E-state index is -4.71. The average molecular weight is 1250 g/mol. The van der Waals surface area contributed by atoms with Crippen LogP contribution in [0.25, 0.3) is 27.1 Å². The molecule has 2 unspecified atom stereocenters. The van der Waals surface area contributed by atoms with E-state index >= 15 is 0 Å². The lowest BCUT2D eigenvalue weighted by molar-refractivity contribution is -0.437. The first kappa shape index (κ1) is 67.7. The molecule has 7 rings (SSSR count). The van der Waals surface area contributed by atoms with Crippen molar-refractivity contribution in [3.8, 4) is 0 Å². The van der Waals surface area contributed by atoms with Gasteiger partial charge in [0.2, 0.25) is 5.69 Å². The van der Waals surface area contributed by atoms with Crippen LogP contribution < -0.4 is 4.90 Å². The molecule has 0 aromatic heterocycles. The molecule has 0 radical (unpaired) electrons. The second-order valence-corrected chi connectivity index (χ2v) is 25.5. The van der Waals surface area contributed by atoms with Crippen molar-refractivity contribution < 1.29 is 91.3 Å². The van der Waals surface area contributed by atoms with Crippen molar-refractivity contribution in [3.63, 3.8) is 0 Å². The van der Waals surface area contributed by atoms with Crippen molar-refractivity contribution in [2.24, 2.45) is 0 Å². The number of nitrogens with zero attached hydrogens (tertiary/aromatic N) is 2. The molecule has 2 aliphatic heterocycles. The zero-order chi connectivity index (χ0) is 62.1. The molecule has 0 bridgehead atoms. The maximum absolute atomic E-state index is 12.9. The third-order valence-corrected chi connectivity index (χ3v) is 17.9. The van der Waals surface area contributed by atoms with Crippen molar-refractivity contribution in [1.82, 2.24) is 0 Å². The molecule has 24 heteroatoms. The van der Waals surface area contributed by atoms with E-state index in [1.165, 1.54) is 30.3 Å². The van der Waals surface area contributed by atoms with Crippen LogP contribution in [0.15, 0.2) is 125 Å². The van der Waals surface area contributed by atoms with Crippen molar-refractivity contribution in [2.45, 2.75) is 67.1 Å². The summed E-state index contributed by atoms with van der Waals surface area (Å²) in [6.45, 7) is 11.5. The van der Waals surface area contributed by atoms with Crippen LogP contribution in [0.1, 0.15) is 73.5 Å². The summed E-state index contributed by atoms with van der Waals surface area (Å²) in [5.74, 6) is -1.69. The molecule has 0 saturated carbocycles. The van der Waals surface area contributed by atoms with E-state index in [2.05, 4.69) is 11.8 Å². The number of hydrogen-bond donors (Lipinski definition) is 4. The Balaban J connectivity index is 1.37. The largest absolute Gasteiger partial charge is 0.478 e. The highest BCUT2D eigenvalue weighted by Gasteiger charge is 2.49. The van der Waals surface area contributed by atoms with Crippen LogP contribution in [-0.4, -0.2) is 186 Å². The summed E-state index contributed by atoms with van der Waals surface area (Å²) in [7, 11) is -10.5. The molecular weight excluding hydrogens is 1170 g/mol. The molecular formula is C62H79N2O19S3+. The first-order chi connectivity index (χ1) is 41.1. The van der Waals surface area contributed by atoms with Crippen LogP contribution in [-0.2, 0) is 79.1 Å². The summed E-state index contributed by atoms with van der Waals surface area (Å²) in [5, 5.41) is 12.1. The molecule has 21 nitrogen and oxygen atoms in total. The number of carboxylic acid groups (broad SMARTS) is 1. The van der Waals surface area contributed by atoms with Gasteiger partial charge in [-0.3, -0.25) is 13.7 Å². The first-order valence-electron chi connectivity index (χ1n) is 28.4. The van der Waals surface area contributed by atoms with Gasteiger partial charge in [0.05, 0.1) is 101 Å². The first-order valence-corrected chi connectivity index (χ1v) is 32.9. The van der Waals surface area contributed by atoms with E-state index in [9.17, 15) is 48.8 Å². The maximum atomic E-state index is 12.9. The number of rotatable bonds is 37. The molecule has 468 valence electrons. The van der Waals surface area contributed by atoms with Crippen LogP contribution in [0.2, 0.25) is 0 Å². The van der Waals surface area contributed by atoms with E-state index in [0.29, 0.717) is 124 Å². The highest BCUT2D eigenvalue weighted by atomic mass is 32.2. The summed E-state index contributed by atoms with van der Waals surface area (Å²) < 4.78 is 153. The maximum Gasteiger partial charge on any atom is 0.335 e. The normalized spacial score (nSPS) is 17.9. The number of carbonyl (C=O) groups is 1. The minimum absolute atomic E-state index is 0.0168. The van der Waals surface area contributed by atoms with Gasteiger partial charge < -0.3 is 47.9 Å². The molecule has 0 amide bonds. The number of hydrogen-bond acceptors (Lipinski definition) is 16. The smallest absolute Gasteiger partial charge is 0.335 e. The fraction of sp³-hybridized carbons (Fsp3) is 0.452. The van der Waals surface area contributed by atoms with E-state index in [4.69, 9.17) is 37.9 Å². The number of methoxy groups -OCH3 is 2. The van der Waals surface area contributed by atoms with Gasteiger partial charge in [0.15, 0.2) is 5.71 Å². The lowest BCUT2D eigenvalue weighted by Crippen LogP contribution is -2.33. The van der Waals surface area contributed by atoms with Gasteiger partial charge in [-0.2, -0.15) is 29.8 Å². The molecule has 5 aromatic carbocycles. The molecule has 0 saturated heterocycles. The van der Waals surface area contributed by atoms with Gasteiger partial charge in [-0.1, -0.05) is 49.4 Å². The van der Waals surface area contributed by atoms with Gasteiger partial charge in [0, 0.05) is 80.3 Å². The Labute approximate surface area is 504 Å². The number of allylic oxidation sites excluding steroid dienone is 6. The Hall–Kier alpha value is -5.81. The molecule has 2 atom stereocenters. The molecule has 86 heavy (non-hydrogen) atoms. The fourth-order valence-electron chi connectivity index (χ4n) is 11.2. The number of carboxylic acids is 1. The lowest BCUT2D eigenvalue weighted by Gasteiger charge is -2.31. The second kappa shape index (κ2) is 30.9. The highest BCUT2D eigenvalue weighted by molar-refractivity contribution is 7.86. The lowest BCUT2D eigenvalue weighted by atomic mass is 9.74. The summed E-state index contributed by atoms with van der Waals surface area (Å²) in [6.07, 6.45) is 9.09. The van der Waals surface area contributed by atoms with E-state index in [1.807, 2.05) is 54.9 Å². The van der Waals surface area contributed by atoms with E-state index in [0.717, 1.165) is 22.3 Å². The van der Waals surface area contributed by atoms with Gasteiger partial charge in [-0.15, -0.1) is 0 Å². The number of anilines is 1. The number of benzene rings is 5. The summed E-state index contributed by atoms with van der Waals surface area (Å²) in [4.78, 5) is 13.9. The topological polar surface area (TPSA) is 280 Å². The van der Waals surface area contributed by atoms with Crippen LogP contribution >= 0.6 is 0 Å². The highest BCUT2D eigenvalue weighted by Crippen LogP contribution is 2.53. The Morgan fingerprint density at radius 1 is 0.616 bits per heavy atom. The van der Waals surface area contributed by atoms with Crippen LogP contribution in [0.4, 0.5) is 11.4 Å². The average Bonchev–Trinajstić information content (AvgIpc) is 1.57. The fourth-order valence-corrected chi connectivity index (χ4v) is 12.9. The van der Waals surface area contributed by atoms with Crippen LogP contribution in [0.5, 0.6) is 0 Å². The molecule has 4 N–H and O–H groups in total. The molecule has 0 aliphatic carbocycles. The van der Waals surface area contributed by atoms with Gasteiger partial charge in [0.1, 0.15) is 11.4 Å². The molecule has 2 heterocycles. The third kappa shape index (κ3) is 17.1. The Kier molecular flexibility index (Phi) is 24.3. The predicted molar refractivity (Wildman–Crippen MR) is 327 cm³/mol. The Bertz CT molecular complexity index is 3640. The quantitative estimate of drug-likeness (QED) is 0.0125. The van der Waals surface area contributed by atoms with Gasteiger partial charge in [-0.05, 0) is 121 Å². The molecule has 0 fully saturated rings. The second-order valence-electron chi connectivity index (χ2n) is 21.1.